The first-order valence-electron chi connectivity index (χ1n) is 7.50. The van der Waals surface area contributed by atoms with Gasteiger partial charge in [0, 0.05) is 16.2 Å². The molecule has 0 saturated heterocycles. The molecule has 1 aliphatic heterocycles. The topological polar surface area (TPSA) is 94.9 Å². The third-order valence-electron chi connectivity index (χ3n) is 3.74. The van der Waals surface area contributed by atoms with Crippen LogP contribution in [0.1, 0.15) is 19.4 Å². The Morgan fingerprint density at radius 1 is 1.26 bits per heavy atom. The zero-order valence-corrected chi connectivity index (χ0v) is 14.4. The Balaban J connectivity index is 2.57. The molecule has 128 valence electrons. The van der Waals surface area contributed by atoms with Gasteiger partial charge in [0.05, 0.1) is 25.8 Å². The molecule has 0 N–H and O–H groups in total. The zero-order valence-electron chi connectivity index (χ0n) is 14.4. The lowest BCUT2D eigenvalue weighted by atomic mass is 9.96. The molecule has 2 rings (SSSR count). The number of allylic oxidation sites excluding steroid dienone is 1. The molecule has 8 nitrogen and oxygen atoms in total. The van der Waals surface area contributed by atoms with Gasteiger partial charge in [-0.15, -0.1) is 0 Å². The van der Waals surface area contributed by atoms with Crippen molar-refractivity contribution in [3.05, 3.63) is 97.3 Å². The predicted octanol–water partition coefficient (Wildman–Crippen LogP) is 5.83. The second-order valence-electron chi connectivity index (χ2n) is 5.77. The van der Waals surface area contributed by atoms with Crippen molar-refractivity contribution < 1.29 is 4.74 Å². The molecule has 0 aliphatic carbocycles. The van der Waals surface area contributed by atoms with E-state index in [0.29, 0.717) is 11.1 Å². The van der Waals surface area contributed by atoms with Crippen LogP contribution < -0.4 is 0 Å². The van der Waals surface area contributed by atoms with E-state index in [1.807, 2.05) is 0 Å². The monoisotopic (exact) mass is 353 g/mol. The maximum Gasteiger partial charge on any atom is 0.292 e. The average Bonchev–Trinajstić information content (AvgIpc) is 2.91. The van der Waals surface area contributed by atoms with Gasteiger partial charge in [0.25, 0.3) is 5.70 Å². The van der Waals surface area contributed by atoms with Crippen molar-refractivity contribution in [1.29, 1.82) is 5.26 Å². The van der Waals surface area contributed by atoms with Crippen molar-refractivity contribution in [1.82, 2.24) is 0 Å². The number of hydrogen-bond acceptors (Lipinski definition) is 3. The van der Waals surface area contributed by atoms with Gasteiger partial charge in [-0.05, 0) is 31.0 Å². The summed E-state index contributed by atoms with van der Waals surface area (Å²) in [6, 6.07) is 6.52. The Bertz CT molecular complexity index is 1100. The van der Waals surface area contributed by atoms with Crippen LogP contribution in [0.25, 0.3) is 31.1 Å². The molecule has 0 fully saturated rings. The van der Waals surface area contributed by atoms with Gasteiger partial charge >= 0.3 is 0 Å². The molecule has 0 aromatic heterocycles. The largest absolute Gasteiger partial charge is 0.505 e. The van der Waals surface area contributed by atoms with Crippen LogP contribution >= 0.6 is 0 Å². The summed E-state index contributed by atoms with van der Waals surface area (Å²) in [7, 11) is 0. The molecule has 1 aromatic carbocycles. The molecule has 0 saturated carbocycles. The highest BCUT2D eigenvalue weighted by Crippen LogP contribution is 2.41. The maximum absolute atomic E-state index is 9.08. The summed E-state index contributed by atoms with van der Waals surface area (Å²) >= 11 is 0. The summed E-state index contributed by atoms with van der Waals surface area (Å²) in [4.78, 5) is 12.6. The molecular formula is C19H11N7O. The van der Waals surface area contributed by atoms with Crippen molar-refractivity contribution in [2.75, 3.05) is 0 Å². The Morgan fingerprint density at radius 3 is 2.56 bits per heavy atom. The van der Waals surface area contributed by atoms with Crippen LogP contribution in [0.5, 0.6) is 0 Å². The van der Waals surface area contributed by atoms with E-state index >= 15 is 0 Å². The van der Waals surface area contributed by atoms with E-state index in [4.69, 9.17) is 35.2 Å². The van der Waals surface area contributed by atoms with Gasteiger partial charge in [-0.3, -0.25) is 0 Å². The minimum absolute atomic E-state index is 0.0206. The van der Waals surface area contributed by atoms with Crippen LogP contribution in [-0.4, -0.2) is 5.60 Å². The summed E-state index contributed by atoms with van der Waals surface area (Å²) in [5.41, 5.74) is 9.09. The van der Waals surface area contributed by atoms with Gasteiger partial charge in [0.15, 0.2) is 5.69 Å². The number of hydrogen-bond donors (Lipinski definition) is 0. The summed E-state index contributed by atoms with van der Waals surface area (Å²) in [5, 5.41) is 12.5. The van der Waals surface area contributed by atoms with Crippen molar-refractivity contribution >= 4 is 17.5 Å². The fraction of sp³-hybridized carbons (Fsp3) is 0.158. The Morgan fingerprint density at radius 2 is 2.00 bits per heavy atom. The van der Waals surface area contributed by atoms with E-state index in [9.17, 15) is 0 Å². The summed E-state index contributed by atoms with van der Waals surface area (Å²) in [6.45, 7) is 25.2. The third-order valence-corrected chi connectivity index (χ3v) is 3.74. The fourth-order valence-electron chi connectivity index (χ4n) is 2.49. The average molecular weight is 353 g/mol. The van der Waals surface area contributed by atoms with Crippen LogP contribution in [0.3, 0.4) is 0 Å². The van der Waals surface area contributed by atoms with Crippen molar-refractivity contribution in [2.24, 2.45) is 5.11 Å². The van der Waals surface area contributed by atoms with E-state index in [2.05, 4.69) is 24.6 Å². The van der Waals surface area contributed by atoms with Crippen LogP contribution in [0.4, 0.5) is 11.4 Å². The Hall–Kier alpha value is -4.49. The lowest BCUT2D eigenvalue weighted by molar-refractivity contribution is 0.0952. The van der Waals surface area contributed by atoms with Gasteiger partial charge < -0.3 is 4.74 Å². The fourth-order valence-corrected chi connectivity index (χ4v) is 2.49. The second-order valence-corrected chi connectivity index (χ2v) is 5.77. The normalized spacial score (nSPS) is 16.4. The third kappa shape index (κ3) is 3.63. The molecule has 1 aromatic rings. The van der Waals surface area contributed by atoms with Gasteiger partial charge in [-0.1, -0.05) is 29.4 Å². The van der Waals surface area contributed by atoms with E-state index in [1.54, 1.807) is 44.2 Å². The van der Waals surface area contributed by atoms with E-state index < -0.39 is 5.60 Å². The van der Waals surface area contributed by atoms with E-state index in [0.717, 1.165) is 0 Å². The molecule has 0 unspecified atom stereocenters. The molecule has 1 heterocycles. The number of nitrogens with zero attached hydrogens (tertiary/aromatic N) is 7. The van der Waals surface area contributed by atoms with Crippen molar-refractivity contribution in [2.45, 2.75) is 19.4 Å². The second kappa shape index (κ2) is 7.60. The lowest BCUT2D eigenvalue weighted by Gasteiger charge is -2.22. The molecule has 8 heteroatoms. The number of azide groups is 1. The van der Waals surface area contributed by atoms with Crippen LogP contribution in [-0.2, 0) is 4.74 Å². The molecule has 0 amide bonds. The quantitative estimate of drug-likeness (QED) is 0.225. The first-order chi connectivity index (χ1) is 12.9. The summed E-state index contributed by atoms with van der Waals surface area (Å²) in [5.74, 6) is -0.0206. The molecule has 27 heavy (non-hydrogen) atoms. The van der Waals surface area contributed by atoms with Crippen LogP contribution in [0.15, 0.2) is 52.1 Å². The smallest absolute Gasteiger partial charge is 0.292 e. The first kappa shape index (κ1) is 18.8. The predicted molar refractivity (Wildman–Crippen MR) is 98.6 cm³/mol. The maximum atomic E-state index is 9.08. The number of nitriles is 1. The highest BCUT2D eigenvalue weighted by atomic mass is 16.5. The molecule has 1 aliphatic rings. The van der Waals surface area contributed by atoms with Gasteiger partial charge in [0.1, 0.15) is 11.4 Å². The Labute approximate surface area is 156 Å². The zero-order chi connectivity index (χ0) is 20.0. The van der Waals surface area contributed by atoms with Gasteiger partial charge in [-0.25, -0.2) is 19.8 Å². The highest BCUT2D eigenvalue weighted by Gasteiger charge is 2.38. The summed E-state index contributed by atoms with van der Waals surface area (Å²) in [6.07, 6.45) is 3.35. The minimum Gasteiger partial charge on any atom is -0.505 e. The lowest BCUT2D eigenvalue weighted by Crippen LogP contribution is -2.20. The summed E-state index contributed by atoms with van der Waals surface area (Å²) < 4.78 is 5.69. The Kier molecular flexibility index (Phi) is 5.30. The standard InChI is InChI=1S/C19H11N7O/c1-19(2)13(17(24-5)18(27-19)16(11-20)23-4)8-6-12-7-9-14(25-26-21)15(10-12)22-3/h6-10H,1-2H3/b8-6+,18-16+. The van der Waals surface area contributed by atoms with Crippen LogP contribution in [0.2, 0.25) is 0 Å². The van der Waals surface area contributed by atoms with Crippen molar-refractivity contribution in [3.8, 4) is 6.07 Å². The van der Waals surface area contributed by atoms with Gasteiger partial charge in [-0.2, -0.15) is 0 Å². The molecule has 0 bridgehead atoms. The van der Waals surface area contributed by atoms with E-state index in [-0.39, 0.29) is 28.5 Å². The first-order valence-corrected chi connectivity index (χ1v) is 7.50. The van der Waals surface area contributed by atoms with E-state index in [1.165, 1.54) is 6.07 Å². The van der Waals surface area contributed by atoms with Gasteiger partial charge in [0.2, 0.25) is 5.70 Å². The number of rotatable bonds is 3. The molecule has 0 radical (unpaired) electrons. The number of benzene rings is 1. The van der Waals surface area contributed by atoms with Crippen molar-refractivity contribution in [3.63, 3.8) is 0 Å². The minimum atomic E-state index is -0.897. The molecular weight excluding hydrogens is 342 g/mol. The molecule has 0 spiro atoms. The molecule has 0 atom stereocenters. The highest BCUT2D eigenvalue weighted by molar-refractivity contribution is 5.72. The number of ether oxygens (including phenoxy) is 1. The SMILES string of the molecule is [C-]#[N+]C1=C(/C=C/c2ccc(N=[N+]=[N-])c([N+]#[C-])c2)C(C)(C)O/C1=C(\C#N)[N+]#[C-]. The van der Waals surface area contributed by atoms with Crippen LogP contribution in [0, 0.1) is 31.0 Å².